The van der Waals surface area contributed by atoms with Crippen LogP contribution in [0.2, 0.25) is 0 Å². The summed E-state index contributed by atoms with van der Waals surface area (Å²) < 4.78 is 5.59. The quantitative estimate of drug-likeness (QED) is 0.352. The van der Waals surface area contributed by atoms with Crippen molar-refractivity contribution in [3.05, 3.63) is 95.6 Å². The molecule has 1 amide bonds. The second-order valence-corrected chi connectivity index (χ2v) is 9.91. The molecule has 1 fully saturated rings. The number of halogens is 2. The number of hydrogen-bond donors (Lipinski definition) is 0. The van der Waals surface area contributed by atoms with Crippen molar-refractivity contribution in [2.45, 2.75) is 31.7 Å². The van der Waals surface area contributed by atoms with Crippen molar-refractivity contribution in [1.82, 2.24) is 9.80 Å². The zero-order valence-electron chi connectivity index (χ0n) is 22.3. The molecule has 1 saturated heterocycles. The summed E-state index contributed by atoms with van der Waals surface area (Å²) in [5.74, 6) is 1.18. The van der Waals surface area contributed by atoms with Crippen LogP contribution < -0.4 is 9.64 Å². The van der Waals surface area contributed by atoms with Crippen molar-refractivity contribution in [1.29, 1.82) is 0 Å². The number of benzene rings is 3. The largest absolute Gasteiger partial charge is 0.495 e. The molecule has 0 N–H and O–H groups in total. The molecule has 38 heavy (non-hydrogen) atoms. The third kappa shape index (κ3) is 5.66. The highest BCUT2D eigenvalue weighted by Gasteiger charge is 2.48. The van der Waals surface area contributed by atoms with Gasteiger partial charge in [0.1, 0.15) is 11.2 Å². The third-order valence-electron chi connectivity index (χ3n) is 7.85. The summed E-state index contributed by atoms with van der Waals surface area (Å²) in [5, 5.41) is 0. The Bertz CT molecular complexity index is 1180. The predicted octanol–water partition coefficient (Wildman–Crippen LogP) is 5.79. The van der Waals surface area contributed by atoms with Crippen LogP contribution in [0, 0.1) is 0 Å². The van der Waals surface area contributed by atoms with E-state index in [4.69, 9.17) is 4.74 Å². The van der Waals surface area contributed by atoms with E-state index in [0.717, 1.165) is 69.1 Å². The summed E-state index contributed by atoms with van der Waals surface area (Å²) in [6.45, 7) is 8.37. The summed E-state index contributed by atoms with van der Waals surface area (Å²) >= 11 is 0. The number of amides is 1. The first kappa shape index (κ1) is 29.8. The number of carbonyl (C=O) groups excluding carboxylic acids is 1. The standard InChI is InChI=1S/C31H37N3O2.2ClH/c1-3-18-34-24-25-11-7-8-14-27(25)31(30(34)35,26-12-5-4-6-13-26)17-19-32-20-22-33(23-21-32)28-15-9-10-16-29(28)36-2;;/h4-16H,3,17-24H2,1-2H3;2*1H. The summed E-state index contributed by atoms with van der Waals surface area (Å²) in [6, 6.07) is 27.3. The number of methoxy groups -OCH3 is 1. The Morgan fingerprint density at radius 3 is 2.18 bits per heavy atom. The first-order chi connectivity index (χ1) is 17.7. The molecule has 0 radical (unpaired) electrons. The molecule has 0 saturated carbocycles. The molecule has 7 heteroatoms. The fourth-order valence-electron chi connectivity index (χ4n) is 6.00. The molecule has 0 bridgehead atoms. The van der Waals surface area contributed by atoms with E-state index in [9.17, 15) is 4.79 Å². The fraction of sp³-hybridized carbons (Fsp3) is 0.387. The molecule has 0 aliphatic carbocycles. The van der Waals surface area contributed by atoms with Crippen molar-refractivity contribution in [2.24, 2.45) is 0 Å². The van der Waals surface area contributed by atoms with Gasteiger partial charge >= 0.3 is 0 Å². The highest BCUT2D eigenvalue weighted by atomic mass is 35.5. The summed E-state index contributed by atoms with van der Waals surface area (Å²) in [5.41, 5.74) is 4.07. The van der Waals surface area contributed by atoms with Crippen molar-refractivity contribution in [3.8, 4) is 5.75 Å². The average molecular weight is 557 g/mol. The molecule has 2 aliphatic rings. The van der Waals surface area contributed by atoms with Gasteiger partial charge in [-0.15, -0.1) is 24.8 Å². The van der Waals surface area contributed by atoms with E-state index >= 15 is 0 Å². The SMILES string of the molecule is CCCN1Cc2ccccc2C(CCN2CCN(c3ccccc3OC)CC2)(c2ccccc2)C1=O.Cl.Cl. The van der Waals surface area contributed by atoms with Crippen LogP contribution in [-0.4, -0.2) is 62.1 Å². The van der Waals surface area contributed by atoms with E-state index in [-0.39, 0.29) is 30.7 Å². The Balaban J connectivity index is 0.00000200. The first-order valence-corrected chi connectivity index (χ1v) is 13.2. The summed E-state index contributed by atoms with van der Waals surface area (Å²) in [7, 11) is 1.74. The number of carbonyl (C=O) groups is 1. The third-order valence-corrected chi connectivity index (χ3v) is 7.85. The molecule has 3 aromatic rings. The summed E-state index contributed by atoms with van der Waals surface area (Å²) in [6.07, 6.45) is 1.74. The Kier molecular flexibility index (Phi) is 10.5. The highest BCUT2D eigenvalue weighted by Crippen LogP contribution is 2.43. The molecular weight excluding hydrogens is 517 g/mol. The van der Waals surface area contributed by atoms with E-state index in [0.29, 0.717) is 6.54 Å². The molecule has 3 aromatic carbocycles. The van der Waals surface area contributed by atoms with Gasteiger partial charge in [0.2, 0.25) is 5.91 Å². The Hall–Kier alpha value is -2.73. The van der Waals surface area contributed by atoms with Crippen LogP contribution in [0.25, 0.3) is 0 Å². The van der Waals surface area contributed by atoms with Crippen LogP contribution in [0.3, 0.4) is 0 Å². The Morgan fingerprint density at radius 2 is 1.47 bits per heavy atom. The number of ether oxygens (including phenoxy) is 1. The van der Waals surface area contributed by atoms with Crippen molar-refractivity contribution in [3.63, 3.8) is 0 Å². The lowest BCUT2D eigenvalue weighted by Crippen LogP contribution is -2.54. The van der Waals surface area contributed by atoms with Crippen LogP contribution in [0.1, 0.15) is 36.5 Å². The van der Waals surface area contributed by atoms with E-state index < -0.39 is 5.41 Å². The zero-order chi connectivity index (χ0) is 25.0. The molecule has 1 unspecified atom stereocenters. The number of piperazine rings is 1. The highest BCUT2D eigenvalue weighted by molar-refractivity contribution is 5.94. The topological polar surface area (TPSA) is 36.0 Å². The number of fused-ring (bicyclic) bond motifs is 1. The van der Waals surface area contributed by atoms with Gasteiger partial charge in [0.15, 0.2) is 0 Å². The minimum Gasteiger partial charge on any atom is -0.495 e. The first-order valence-electron chi connectivity index (χ1n) is 13.2. The van der Waals surface area contributed by atoms with Crippen LogP contribution in [0.15, 0.2) is 78.9 Å². The normalized spacial score (nSPS) is 19.3. The van der Waals surface area contributed by atoms with Gasteiger partial charge in [-0.3, -0.25) is 9.69 Å². The summed E-state index contributed by atoms with van der Waals surface area (Å²) in [4.78, 5) is 21.3. The molecule has 5 nitrogen and oxygen atoms in total. The number of para-hydroxylation sites is 2. The van der Waals surface area contributed by atoms with E-state index in [2.05, 4.69) is 82.3 Å². The van der Waals surface area contributed by atoms with Gasteiger partial charge in [-0.1, -0.05) is 73.7 Å². The fourth-order valence-corrected chi connectivity index (χ4v) is 6.00. The second-order valence-electron chi connectivity index (χ2n) is 9.91. The van der Waals surface area contributed by atoms with Crippen molar-refractivity contribution >= 4 is 36.4 Å². The maximum absolute atomic E-state index is 14.3. The van der Waals surface area contributed by atoms with Gasteiger partial charge in [-0.2, -0.15) is 0 Å². The molecule has 204 valence electrons. The van der Waals surface area contributed by atoms with E-state index in [1.165, 1.54) is 11.1 Å². The smallest absolute Gasteiger partial charge is 0.238 e. The maximum atomic E-state index is 14.3. The molecule has 1 atom stereocenters. The minimum atomic E-state index is -0.648. The lowest BCUT2D eigenvalue weighted by molar-refractivity contribution is -0.138. The van der Waals surface area contributed by atoms with Crippen LogP contribution in [-0.2, 0) is 16.8 Å². The van der Waals surface area contributed by atoms with Crippen molar-refractivity contribution in [2.75, 3.05) is 51.3 Å². The van der Waals surface area contributed by atoms with Gasteiger partial charge in [0.25, 0.3) is 0 Å². The van der Waals surface area contributed by atoms with Gasteiger partial charge in [-0.25, -0.2) is 0 Å². The molecule has 0 spiro atoms. The number of rotatable bonds is 8. The number of nitrogens with zero attached hydrogens (tertiary/aromatic N) is 3. The van der Waals surface area contributed by atoms with Crippen LogP contribution in [0.5, 0.6) is 5.75 Å². The molecule has 5 rings (SSSR count). The Labute approximate surface area is 239 Å². The zero-order valence-corrected chi connectivity index (χ0v) is 24.0. The Morgan fingerprint density at radius 1 is 0.816 bits per heavy atom. The van der Waals surface area contributed by atoms with Gasteiger partial charge < -0.3 is 14.5 Å². The predicted molar refractivity (Wildman–Crippen MR) is 160 cm³/mol. The van der Waals surface area contributed by atoms with Gasteiger partial charge in [0, 0.05) is 39.3 Å². The van der Waals surface area contributed by atoms with E-state index in [1.807, 2.05) is 18.2 Å². The van der Waals surface area contributed by atoms with Crippen molar-refractivity contribution < 1.29 is 9.53 Å². The van der Waals surface area contributed by atoms with E-state index in [1.54, 1.807) is 7.11 Å². The minimum absolute atomic E-state index is 0. The monoisotopic (exact) mass is 555 g/mol. The maximum Gasteiger partial charge on any atom is 0.238 e. The second kappa shape index (κ2) is 13.4. The molecule has 0 aromatic heterocycles. The lowest BCUT2D eigenvalue weighted by Gasteiger charge is -2.45. The molecule has 2 aliphatic heterocycles. The van der Waals surface area contributed by atoms with Gasteiger partial charge in [0.05, 0.1) is 12.8 Å². The number of hydrogen-bond acceptors (Lipinski definition) is 4. The average Bonchev–Trinajstić information content (AvgIpc) is 2.94. The van der Waals surface area contributed by atoms with Gasteiger partial charge in [-0.05, 0) is 48.2 Å². The molecule has 2 heterocycles. The van der Waals surface area contributed by atoms with Crippen LogP contribution >= 0.6 is 24.8 Å². The molecular formula is C31H39Cl2N3O2. The van der Waals surface area contributed by atoms with Crippen LogP contribution in [0.4, 0.5) is 5.69 Å². The lowest BCUT2D eigenvalue weighted by atomic mass is 9.67. The number of anilines is 1.